The van der Waals surface area contributed by atoms with Gasteiger partial charge < -0.3 is 9.64 Å². The Balaban J connectivity index is 2.16. The van der Waals surface area contributed by atoms with Gasteiger partial charge >= 0.3 is 5.97 Å². The van der Waals surface area contributed by atoms with Crippen molar-refractivity contribution in [2.24, 2.45) is 0 Å². The molecule has 0 radical (unpaired) electrons. The molecule has 20 heavy (non-hydrogen) atoms. The summed E-state index contributed by atoms with van der Waals surface area (Å²) in [4.78, 5) is 27.1. The van der Waals surface area contributed by atoms with Crippen molar-refractivity contribution in [3.8, 4) is 12.3 Å². The Morgan fingerprint density at radius 3 is 2.45 bits per heavy atom. The molecule has 112 valence electrons. The van der Waals surface area contributed by atoms with Gasteiger partial charge in [0, 0.05) is 45.6 Å². The predicted molar refractivity (Wildman–Crippen MR) is 77.0 cm³/mol. The van der Waals surface area contributed by atoms with E-state index >= 15 is 0 Å². The molecule has 0 aromatic heterocycles. The van der Waals surface area contributed by atoms with E-state index in [1.54, 1.807) is 0 Å². The minimum Gasteiger partial charge on any atom is -0.469 e. The van der Waals surface area contributed by atoms with Crippen LogP contribution >= 0.6 is 0 Å². The fraction of sp³-hybridized carbons (Fsp3) is 0.733. The number of piperazine rings is 1. The van der Waals surface area contributed by atoms with Crippen molar-refractivity contribution >= 4 is 11.9 Å². The van der Waals surface area contributed by atoms with Crippen LogP contribution in [-0.4, -0.2) is 61.5 Å². The second-order valence-electron chi connectivity index (χ2n) is 4.96. The lowest BCUT2D eigenvalue weighted by Crippen LogP contribution is -2.49. The molecule has 5 nitrogen and oxygen atoms in total. The van der Waals surface area contributed by atoms with Crippen LogP contribution in [0.5, 0.6) is 0 Å². The van der Waals surface area contributed by atoms with Crippen molar-refractivity contribution < 1.29 is 14.3 Å². The van der Waals surface area contributed by atoms with Crippen LogP contribution < -0.4 is 0 Å². The number of carbonyl (C=O) groups is 2. The maximum Gasteiger partial charge on any atom is 0.306 e. The van der Waals surface area contributed by atoms with E-state index in [0.717, 1.165) is 45.4 Å². The molecule has 1 saturated heterocycles. The second kappa shape index (κ2) is 9.38. The molecule has 0 aromatic carbocycles. The summed E-state index contributed by atoms with van der Waals surface area (Å²) in [5, 5.41) is 0. The fourth-order valence-electron chi connectivity index (χ4n) is 2.23. The van der Waals surface area contributed by atoms with E-state index in [1.807, 2.05) is 4.90 Å². The lowest BCUT2D eigenvalue weighted by molar-refractivity contribution is -0.141. The van der Waals surface area contributed by atoms with Crippen LogP contribution in [-0.2, 0) is 14.3 Å². The molecule has 1 heterocycles. The Morgan fingerprint density at radius 2 is 1.85 bits per heavy atom. The van der Waals surface area contributed by atoms with Gasteiger partial charge in [-0.2, -0.15) is 0 Å². The maximum absolute atomic E-state index is 12.0. The van der Waals surface area contributed by atoms with E-state index in [0.29, 0.717) is 19.4 Å². The first-order valence-electron chi connectivity index (χ1n) is 7.17. The van der Waals surface area contributed by atoms with Crippen molar-refractivity contribution in [1.82, 2.24) is 9.80 Å². The minimum atomic E-state index is -0.183. The highest BCUT2D eigenvalue weighted by atomic mass is 16.5. The van der Waals surface area contributed by atoms with Crippen LogP contribution in [0.15, 0.2) is 0 Å². The van der Waals surface area contributed by atoms with Gasteiger partial charge in [0.1, 0.15) is 0 Å². The number of methoxy groups -OCH3 is 1. The summed E-state index contributed by atoms with van der Waals surface area (Å²) >= 11 is 0. The van der Waals surface area contributed by atoms with Crippen LogP contribution in [0.2, 0.25) is 0 Å². The smallest absolute Gasteiger partial charge is 0.306 e. The number of nitrogens with zero attached hydrogens (tertiary/aromatic N) is 2. The summed E-state index contributed by atoms with van der Waals surface area (Å²) in [6.07, 6.45) is 8.71. The molecule has 0 aliphatic carbocycles. The first-order valence-corrected chi connectivity index (χ1v) is 7.17. The van der Waals surface area contributed by atoms with Crippen LogP contribution in [0.1, 0.15) is 32.1 Å². The molecule has 1 fully saturated rings. The summed E-state index contributed by atoms with van der Waals surface area (Å²) in [5.41, 5.74) is 0. The third-order valence-corrected chi connectivity index (χ3v) is 3.55. The van der Waals surface area contributed by atoms with Gasteiger partial charge in [-0.3, -0.25) is 14.5 Å². The largest absolute Gasteiger partial charge is 0.469 e. The highest BCUT2D eigenvalue weighted by Crippen LogP contribution is 2.07. The summed E-state index contributed by atoms with van der Waals surface area (Å²) in [5.74, 6) is 2.62. The van der Waals surface area contributed by atoms with Gasteiger partial charge in [0.05, 0.1) is 13.5 Å². The number of terminal acetylenes is 1. The molecule has 0 atom stereocenters. The van der Waals surface area contributed by atoms with Crippen molar-refractivity contribution in [2.45, 2.75) is 32.1 Å². The molecular weight excluding hydrogens is 256 g/mol. The Labute approximate surface area is 121 Å². The standard InChI is InChI=1S/C15H24N2O3/c1-3-4-5-6-7-14(18)17-12-10-16(11-13-17)9-8-15(19)20-2/h1H,4-13H2,2H3. The van der Waals surface area contributed by atoms with Gasteiger partial charge in [-0.1, -0.05) is 0 Å². The predicted octanol–water partition coefficient (Wildman–Crippen LogP) is 0.887. The molecular formula is C15H24N2O3. The van der Waals surface area contributed by atoms with E-state index in [4.69, 9.17) is 6.42 Å². The summed E-state index contributed by atoms with van der Waals surface area (Å²) in [6.45, 7) is 3.85. The lowest BCUT2D eigenvalue weighted by atomic mass is 10.1. The van der Waals surface area contributed by atoms with E-state index in [-0.39, 0.29) is 11.9 Å². The SMILES string of the molecule is C#CCCCCC(=O)N1CCN(CCC(=O)OC)CC1. The van der Waals surface area contributed by atoms with Gasteiger partial charge in [-0.15, -0.1) is 12.3 Å². The number of esters is 1. The van der Waals surface area contributed by atoms with Gasteiger partial charge in [-0.05, 0) is 12.8 Å². The third kappa shape index (κ3) is 6.07. The number of amides is 1. The summed E-state index contributed by atoms with van der Waals surface area (Å²) in [7, 11) is 1.40. The fourth-order valence-corrected chi connectivity index (χ4v) is 2.23. The average Bonchev–Trinajstić information content (AvgIpc) is 2.49. The highest BCUT2D eigenvalue weighted by Gasteiger charge is 2.20. The number of hydrogen-bond acceptors (Lipinski definition) is 4. The Morgan fingerprint density at radius 1 is 1.15 bits per heavy atom. The molecule has 1 aliphatic rings. The molecule has 0 unspecified atom stereocenters. The zero-order chi connectivity index (χ0) is 14.8. The number of carbonyl (C=O) groups excluding carboxylic acids is 2. The second-order valence-corrected chi connectivity index (χ2v) is 4.96. The van der Waals surface area contributed by atoms with Crippen molar-refractivity contribution in [2.75, 3.05) is 39.8 Å². The summed E-state index contributed by atoms with van der Waals surface area (Å²) < 4.78 is 4.62. The Bertz CT molecular complexity index is 355. The average molecular weight is 280 g/mol. The topological polar surface area (TPSA) is 49.9 Å². The molecule has 0 bridgehead atoms. The van der Waals surface area contributed by atoms with Gasteiger partial charge in [0.25, 0.3) is 0 Å². The van der Waals surface area contributed by atoms with Gasteiger partial charge in [0.2, 0.25) is 5.91 Å². The van der Waals surface area contributed by atoms with Crippen LogP contribution in [0.4, 0.5) is 0 Å². The van der Waals surface area contributed by atoms with Crippen molar-refractivity contribution in [3.63, 3.8) is 0 Å². The van der Waals surface area contributed by atoms with E-state index in [1.165, 1.54) is 7.11 Å². The zero-order valence-corrected chi connectivity index (χ0v) is 12.3. The number of ether oxygens (including phenoxy) is 1. The summed E-state index contributed by atoms with van der Waals surface area (Å²) in [6, 6.07) is 0. The molecule has 1 aliphatic heterocycles. The molecule has 1 amide bonds. The first-order chi connectivity index (χ1) is 9.67. The number of rotatable bonds is 7. The minimum absolute atomic E-state index is 0.183. The van der Waals surface area contributed by atoms with Gasteiger partial charge in [-0.25, -0.2) is 0 Å². The van der Waals surface area contributed by atoms with E-state index < -0.39 is 0 Å². The number of hydrogen-bond donors (Lipinski definition) is 0. The van der Waals surface area contributed by atoms with Crippen LogP contribution in [0.3, 0.4) is 0 Å². The molecule has 1 rings (SSSR count). The lowest BCUT2D eigenvalue weighted by Gasteiger charge is -2.34. The normalized spacial score (nSPS) is 15.7. The molecule has 0 N–H and O–H groups in total. The molecule has 0 aromatic rings. The zero-order valence-electron chi connectivity index (χ0n) is 12.3. The van der Waals surface area contributed by atoms with Crippen molar-refractivity contribution in [1.29, 1.82) is 0 Å². The molecule has 0 saturated carbocycles. The van der Waals surface area contributed by atoms with Crippen LogP contribution in [0.25, 0.3) is 0 Å². The van der Waals surface area contributed by atoms with E-state index in [2.05, 4.69) is 15.6 Å². The monoisotopic (exact) mass is 280 g/mol. The Kier molecular flexibility index (Phi) is 7.74. The van der Waals surface area contributed by atoms with Crippen LogP contribution in [0, 0.1) is 12.3 Å². The molecule has 5 heteroatoms. The van der Waals surface area contributed by atoms with Crippen molar-refractivity contribution in [3.05, 3.63) is 0 Å². The Hall–Kier alpha value is -1.54. The number of unbranched alkanes of at least 4 members (excludes halogenated alkanes) is 2. The van der Waals surface area contributed by atoms with E-state index in [9.17, 15) is 9.59 Å². The third-order valence-electron chi connectivity index (χ3n) is 3.55. The maximum atomic E-state index is 12.0. The quantitative estimate of drug-likeness (QED) is 0.395. The molecule has 0 spiro atoms. The first kappa shape index (κ1) is 16.5. The van der Waals surface area contributed by atoms with Gasteiger partial charge in [0.15, 0.2) is 0 Å². The highest BCUT2D eigenvalue weighted by molar-refractivity contribution is 5.76.